The third-order valence-electron chi connectivity index (χ3n) is 2.97. The molecular weight excluding hydrogens is 291 g/mol. The lowest BCUT2D eigenvalue weighted by atomic mass is 10.0. The highest BCUT2D eigenvalue weighted by atomic mass is 35.6. The Morgan fingerprint density at radius 3 is 2.39 bits per heavy atom. The van der Waals surface area contributed by atoms with Crippen molar-refractivity contribution in [2.75, 3.05) is 7.11 Å². The van der Waals surface area contributed by atoms with Gasteiger partial charge in [-0.25, -0.2) is 0 Å². The highest BCUT2D eigenvalue weighted by Crippen LogP contribution is 2.36. The average Bonchev–Trinajstić information content (AvgIpc) is 2.62. The monoisotopic (exact) mass is 306 g/mol. The van der Waals surface area contributed by atoms with E-state index in [9.17, 15) is 0 Å². The second-order valence-corrected chi connectivity index (χ2v) is 6.04. The van der Waals surface area contributed by atoms with Gasteiger partial charge in [0.1, 0.15) is 5.75 Å². The number of methoxy groups -OCH3 is 1. The molecule has 0 radical (unpaired) electrons. The summed E-state index contributed by atoms with van der Waals surface area (Å²) in [6.07, 6.45) is 2.23. The summed E-state index contributed by atoms with van der Waals surface area (Å²) in [5.41, 5.74) is 5.85. The fraction of sp³-hybridized carbons (Fsp3) is 0.429. The molecule has 1 aliphatic rings. The third kappa shape index (κ3) is 4.08. The van der Waals surface area contributed by atoms with Gasteiger partial charge in [-0.3, -0.25) is 0 Å². The second-order valence-electron chi connectivity index (χ2n) is 4.06. The van der Waals surface area contributed by atoms with E-state index < -0.39 is 4.30 Å². The highest BCUT2D eigenvalue weighted by molar-refractivity contribution is 6.63. The lowest BCUT2D eigenvalue weighted by Crippen LogP contribution is -1.87. The molecule has 0 saturated heterocycles. The summed E-state index contributed by atoms with van der Waals surface area (Å²) in [6, 6.07) is 6.38. The maximum absolute atomic E-state index is 5.24. The van der Waals surface area contributed by atoms with Gasteiger partial charge in [0.2, 0.25) is 0 Å². The SMILES string of the molecule is CCC1=C(C)Cc2ccc(OC)cc21.ClC(Cl)Cl. The lowest BCUT2D eigenvalue weighted by molar-refractivity contribution is 0.414. The summed E-state index contributed by atoms with van der Waals surface area (Å²) in [5, 5.41) is 0. The minimum absolute atomic E-state index is 0.750. The van der Waals surface area contributed by atoms with Gasteiger partial charge in [-0.2, -0.15) is 0 Å². The first-order valence-corrected chi connectivity index (χ1v) is 7.08. The molecule has 0 aromatic heterocycles. The normalized spacial score (nSPS) is 13.3. The molecule has 1 aromatic carbocycles. The first-order valence-electron chi connectivity index (χ1n) is 5.77. The predicted octanol–water partition coefficient (Wildman–Crippen LogP) is 5.42. The summed E-state index contributed by atoms with van der Waals surface area (Å²) in [4.78, 5) is 0. The van der Waals surface area contributed by atoms with Crippen molar-refractivity contribution >= 4 is 40.4 Å². The van der Waals surface area contributed by atoms with Crippen LogP contribution in [0.2, 0.25) is 0 Å². The minimum Gasteiger partial charge on any atom is -0.497 e. The summed E-state index contributed by atoms with van der Waals surface area (Å²) in [6.45, 7) is 4.44. The zero-order valence-corrected chi connectivity index (χ0v) is 13.0. The molecule has 18 heavy (non-hydrogen) atoms. The van der Waals surface area contributed by atoms with E-state index in [0.717, 1.165) is 18.6 Å². The summed E-state index contributed by atoms with van der Waals surface area (Å²) in [7, 11) is 1.72. The molecule has 0 aliphatic heterocycles. The molecule has 0 atom stereocenters. The Labute approximate surface area is 124 Å². The van der Waals surface area contributed by atoms with E-state index >= 15 is 0 Å². The van der Waals surface area contributed by atoms with E-state index in [-0.39, 0.29) is 0 Å². The fourth-order valence-corrected chi connectivity index (χ4v) is 2.23. The van der Waals surface area contributed by atoms with Crippen LogP contribution in [0.5, 0.6) is 5.75 Å². The van der Waals surface area contributed by atoms with Gasteiger partial charge in [-0.15, -0.1) is 0 Å². The van der Waals surface area contributed by atoms with Gasteiger partial charge >= 0.3 is 0 Å². The Bertz CT molecular complexity index is 436. The molecule has 0 N–H and O–H groups in total. The van der Waals surface area contributed by atoms with E-state index in [2.05, 4.69) is 26.0 Å². The van der Waals surface area contributed by atoms with Crippen molar-refractivity contribution in [3.05, 3.63) is 34.9 Å². The average molecular weight is 308 g/mol. The molecule has 0 bridgehead atoms. The topological polar surface area (TPSA) is 9.23 Å². The molecule has 0 fully saturated rings. The minimum atomic E-state index is -0.750. The second kappa shape index (κ2) is 7.28. The molecule has 1 aromatic rings. The van der Waals surface area contributed by atoms with Crippen LogP contribution in [0, 0.1) is 0 Å². The zero-order chi connectivity index (χ0) is 13.7. The van der Waals surface area contributed by atoms with Gasteiger partial charge in [0.15, 0.2) is 4.30 Å². The Morgan fingerprint density at radius 1 is 1.28 bits per heavy atom. The van der Waals surface area contributed by atoms with Gasteiger partial charge in [0.25, 0.3) is 0 Å². The van der Waals surface area contributed by atoms with Crippen molar-refractivity contribution < 1.29 is 4.74 Å². The first kappa shape index (κ1) is 15.7. The molecule has 1 nitrogen and oxygen atoms in total. The fourth-order valence-electron chi connectivity index (χ4n) is 2.23. The number of allylic oxidation sites excluding steroid dienone is 2. The van der Waals surface area contributed by atoms with Crippen LogP contribution in [0.25, 0.3) is 5.57 Å². The van der Waals surface area contributed by atoms with Gasteiger partial charge in [-0.1, -0.05) is 53.4 Å². The number of rotatable bonds is 2. The first-order chi connectivity index (χ1) is 8.49. The Balaban J connectivity index is 0.000000357. The van der Waals surface area contributed by atoms with Crippen molar-refractivity contribution in [3.8, 4) is 5.75 Å². The number of hydrogen-bond donors (Lipinski definition) is 0. The predicted molar refractivity (Wildman–Crippen MR) is 80.9 cm³/mol. The van der Waals surface area contributed by atoms with Gasteiger partial charge in [-0.05, 0) is 48.6 Å². The molecule has 2 rings (SSSR count). The van der Waals surface area contributed by atoms with Gasteiger partial charge in [0.05, 0.1) is 7.11 Å². The van der Waals surface area contributed by atoms with Gasteiger partial charge in [0, 0.05) is 0 Å². The zero-order valence-electron chi connectivity index (χ0n) is 10.8. The molecule has 100 valence electrons. The van der Waals surface area contributed by atoms with Crippen molar-refractivity contribution in [3.63, 3.8) is 0 Å². The number of benzene rings is 1. The Morgan fingerprint density at radius 2 is 1.89 bits per heavy atom. The number of alkyl halides is 3. The third-order valence-corrected chi connectivity index (χ3v) is 2.97. The van der Waals surface area contributed by atoms with Crippen LogP contribution < -0.4 is 4.74 Å². The summed E-state index contributed by atoms with van der Waals surface area (Å²) < 4.78 is 4.49. The van der Waals surface area contributed by atoms with E-state index in [0.29, 0.717) is 0 Å². The lowest BCUT2D eigenvalue weighted by Gasteiger charge is -2.06. The Kier molecular flexibility index (Phi) is 6.34. The smallest absolute Gasteiger partial charge is 0.180 e. The molecule has 0 amide bonds. The molecule has 1 aliphatic carbocycles. The van der Waals surface area contributed by atoms with Crippen LogP contribution in [0.1, 0.15) is 31.4 Å². The maximum Gasteiger partial charge on any atom is 0.180 e. The van der Waals surface area contributed by atoms with Crippen molar-refractivity contribution in [1.29, 1.82) is 0 Å². The number of ether oxygens (including phenoxy) is 1. The summed E-state index contributed by atoms with van der Waals surface area (Å²) in [5.74, 6) is 0.962. The number of halogens is 3. The molecule has 4 heteroatoms. The van der Waals surface area contributed by atoms with Crippen molar-refractivity contribution in [1.82, 2.24) is 0 Å². The Hall–Kier alpha value is -0.370. The van der Waals surface area contributed by atoms with Crippen molar-refractivity contribution in [2.24, 2.45) is 0 Å². The van der Waals surface area contributed by atoms with Crippen LogP contribution >= 0.6 is 34.8 Å². The number of hydrogen-bond acceptors (Lipinski definition) is 1. The van der Waals surface area contributed by atoms with E-state index in [1.165, 1.54) is 22.3 Å². The van der Waals surface area contributed by atoms with Crippen LogP contribution in [-0.2, 0) is 6.42 Å². The van der Waals surface area contributed by atoms with Crippen LogP contribution in [-0.4, -0.2) is 11.4 Å². The molecule has 0 spiro atoms. The summed E-state index contributed by atoms with van der Waals surface area (Å²) >= 11 is 14.4. The molecule has 0 saturated carbocycles. The van der Waals surface area contributed by atoms with E-state index in [4.69, 9.17) is 39.5 Å². The quantitative estimate of drug-likeness (QED) is 0.663. The van der Waals surface area contributed by atoms with Crippen LogP contribution in [0.15, 0.2) is 23.8 Å². The van der Waals surface area contributed by atoms with Crippen molar-refractivity contribution in [2.45, 2.75) is 31.0 Å². The highest BCUT2D eigenvalue weighted by Gasteiger charge is 2.17. The largest absolute Gasteiger partial charge is 0.497 e. The van der Waals surface area contributed by atoms with Gasteiger partial charge < -0.3 is 4.74 Å². The molecular formula is C14H17Cl3O. The van der Waals surface area contributed by atoms with Crippen LogP contribution in [0.4, 0.5) is 0 Å². The molecule has 0 unspecified atom stereocenters. The molecule has 0 heterocycles. The van der Waals surface area contributed by atoms with E-state index in [1.54, 1.807) is 7.11 Å². The van der Waals surface area contributed by atoms with Crippen LogP contribution in [0.3, 0.4) is 0 Å². The van der Waals surface area contributed by atoms with E-state index in [1.807, 2.05) is 6.07 Å². The maximum atomic E-state index is 5.24. The standard InChI is InChI=1S/C13H16O.CHCl3/c1-4-12-9(2)7-10-5-6-11(14-3)8-13(10)12;2-1(3)4/h5-6,8H,4,7H2,1-3H3;1H. The number of fused-ring (bicyclic) bond motifs is 1.